The second-order valence-corrected chi connectivity index (χ2v) is 6.89. The molecule has 0 saturated carbocycles. The van der Waals surface area contributed by atoms with E-state index in [1.165, 1.54) is 6.33 Å². The molecule has 2 aromatic rings. The fourth-order valence-corrected chi connectivity index (χ4v) is 3.37. The summed E-state index contributed by atoms with van der Waals surface area (Å²) < 4.78 is 14.4. The first-order valence-electron chi connectivity index (χ1n) is 9.32. The molecular formula is C20H26FN5O. The number of nitrogens with one attached hydrogen (secondary N) is 1. The zero-order valence-corrected chi connectivity index (χ0v) is 16.1. The second kappa shape index (κ2) is 8.43. The lowest BCUT2D eigenvalue weighted by molar-refractivity contribution is -0.117. The van der Waals surface area contributed by atoms with Crippen LogP contribution in [0.1, 0.15) is 23.7 Å². The Bertz CT molecular complexity index is 798. The summed E-state index contributed by atoms with van der Waals surface area (Å²) in [5.74, 6) is 0.00467. The Balaban J connectivity index is 1.56. The maximum atomic E-state index is 14.4. The van der Waals surface area contributed by atoms with Crippen LogP contribution in [0.3, 0.4) is 0 Å². The van der Waals surface area contributed by atoms with E-state index in [-0.39, 0.29) is 11.7 Å². The Kier molecular flexibility index (Phi) is 6.01. The number of hydrogen-bond acceptors (Lipinski definition) is 5. The minimum absolute atomic E-state index is 0.0256. The van der Waals surface area contributed by atoms with E-state index in [4.69, 9.17) is 0 Å². The molecule has 0 spiro atoms. The lowest BCUT2D eigenvalue weighted by Gasteiger charge is -2.35. The summed E-state index contributed by atoms with van der Waals surface area (Å²) in [7, 11) is 0. The molecule has 1 fully saturated rings. The van der Waals surface area contributed by atoms with E-state index in [1.807, 2.05) is 43.9 Å². The summed E-state index contributed by atoms with van der Waals surface area (Å²) in [6.07, 6.45) is 1.96. The van der Waals surface area contributed by atoms with Crippen LogP contribution in [0.2, 0.25) is 0 Å². The highest BCUT2D eigenvalue weighted by Gasteiger charge is 2.23. The van der Waals surface area contributed by atoms with Crippen molar-refractivity contribution in [1.82, 2.24) is 14.9 Å². The lowest BCUT2D eigenvalue weighted by atomic mass is 10.1. The van der Waals surface area contributed by atoms with Crippen molar-refractivity contribution in [3.8, 4) is 0 Å². The summed E-state index contributed by atoms with van der Waals surface area (Å²) in [5.41, 5.74) is 3.44. The maximum Gasteiger partial charge on any atom is 0.238 e. The summed E-state index contributed by atoms with van der Waals surface area (Å²) >= 11 is 0. The van der Waals surface area contributed by atoms with Crippen LogP contribution < -0.4 is 10.2 Å². The standard InChI is InChI=1S/C20H26FN5O/c1-4-16-18(21)20(23-13-22-16)26-10-8-25(9-11-26)12-17(27)24-19-14(2)6-5-7-15(19)3/h5-7,13H,4,8-12H2,1-3H3,(H,24,27). The van der Waals surface area contributed by atoms with Crippen LogP contribution in [0.4, 0.5) is 15.9 Å². The first-order valence-corrected chi connectivity index (χ1v) is 9.32. The monoisotopic (exact) mass is 371 g/mol. The van der Waals surface area contributed by atoms with Gasteiger partial charge in [0.05, 0.1) is 12.2 Å². The number of aryl methyl sites for hydroxylation is 3. The van der Waals surface area contributed by atoms with Gasteiger partial charge in [-0.15, -0.1) is 0 Å². The smallest absolute Gasteiger partial charge is 0.238 e. The number of anilines is 2. The summed E-state index contributed by atoms with van der Waals surface area (Å²) in [4.78, 5) is 24.5. The highest BCUT2D eigenvalue weighted by molar-refractivity contribution is 5.93. The maximum absolute atomic E-state index is 14.4. The third kappa shape index (κ3) is 4.42. The Morgan fingerprint density at radius 1 is 1.15 bits per heavy atom. The Hall–Kier alpha value is -2.54. The van der Waals surface area contributed by atoms with Crippen LogP contribution in [-0.2, 0) is 11.2 Å². The third-order valence-corrected chi connectivity index (χ3v) is 4.96. The predicted octanol–water partition coefficient (Wildman–Crippen LogP) is 2.56. The van der Waals surface area contributed by atoms with Gasteiger partial charge in [0.1, 0.15) is 6.33 Å². The Morgan fingerprint density at radius 3 is 2.44 bits per heavy atom. The molecule has 1 aliphatic heterocycles. The summed E-state index contributed by atoms with van der Waals surface area (Å²) in [5, 5.41) is 3.02. The molecule has 1 saturated heterocycles. The number of halogens is 1. The molecule has 3 rings (SSSR count). The molecular weight excluding hydrogens is 345 g/mol. The van der Waals surface area contributed by atoms with E-state index in [0.29, 0.717) is 50.7 Å². The zero-order chi connectivity index (χ0) is 19.4. The zero-order valence-electron chi connectivity index (χ0n) is 16.1. The fourth-order valence-electron chi connectivity index (χ4n) is 3.37. The summed E-state index contributed by atoms with van der Waals surface area (Å²) in [6, 6.07) is 5.96. The van der Waals surface area contributed by atoms with Crippen molar-refractivity contribution in [3.63, 3.8) is 0 Å². The van der Waals surface area contributed by atoms with Gasteiger partial charge in [0.15, 0.2) is 11.6 Å². The number of aromatic nitrogens is 2. The van der Waals surface area contributed by atoms with Crippen molar-refractivity contribution < 1.29 is 9.18 Å². The normalized spacial score (nSPS) is 15.0. The average molecular weight is 371 g/mol. The molecule has 1 aromatic heterocycles. The number of nitrogens with zero attached hydrogens (tertiary/aromatic N) is 4. The molecule has 1 N–H and O–H groups in total. The van der Waals surface area contributed by atoms with E-state index in [2.05, 4.69) is 20.2 Å². The van der Waals surface area contributed by atoms with Gasteiger partial charge in [0.25, 0.3) is 0 Å². The van der Waals surface area contributed by atoms with Gasteiger partial charge in [-0.1, -0.05) is 25.1 Å². The third-order valence-electron chi connectivity index (χ3n) is 4.96. The molecule has 0 bridgehead atoms. The molecule has 144 valence electrons. The number of amides is 1. The Labute approximate surface area is 159 Å². The van der Waals surface area contributed by atoms with Crippen molar-refractivity contribution >= 4 is 17.4 Å². The minimum Gasteiger partial charge on any atom is -0.352 e. The first kappa shape index (κ1) is 19.2. The molecule has 1 amide bonds. The van der Waals surface area contributed by atoms with Crippen LogP contribution in [0.15, 0.2) is 24.5 Å². The van der Waals surface area contributed by atoms with Crippen LogP contribution in [0.25, 0.3) is 0 Å². The SMILES string of the molecule is CCc1ncnc(N2CCN(CC(=O)Nc3c(C)cccc3C)CC2)c1F. The number of carbonyl (C=O) groups is 1. The van der Waals surface area contributed by atoms with E-state index in [9.17, 15) is 9.18 Å². The van der Waals surface area contributed by atoms with Crippen molar-refractivity contribution in [3.05, 3.63) is 47.2 Å². The lowest BCUT2D eigenvalue weighted by Crippen LogP contribution is -2.49. The number of para-hydroxylation sites is 1. The van der Waals surface area contributed by atoms with Gasteiger partial charge in [-0.25, -0.2) is 14.4 Å². The molecule has 7 heteroatoms. The Morgan fingerprint density at radius 2 is 1.81 bits per heavy atom. The van der Waals surface area contributed by atoms with E-state index < -0.39 is 0 Å². The number of carbonyl (C=O) groups excluding carboxylic acids is 1. The highest BCUT2D eigenvalue weighted by atomic mass is 19.1. The van der Waals surface area contributed by atoms with Gasteiger partial charge in [0, 0.05) is 31.9 Å². The number of benzene rings is 1. The molecule has 0 radical (unpaired) electrons. The van der Waals surface area contributed by atoms with E-state index >= 15 is 0 Å². The number of piperazine rings is 1. The predicted molar refractivity (Wildman–Crippen MR) is 105 cm³/mol. The van der Waals surface area contributed by atoms with Crippen LogP contribution in [0.5, 0.6) is 0 Å². The largest absolute Gasteiger partial charge is 0.352 e. The molecule has 6 nitrogen and oxygen atoms in total. The first-order chi connectivity index (χ1) is 13.0. The van der Waals surface area contributed by atoms with Gasteiger partial charge in [-0.3, -0.25) is 9.69 Å². The summed E-state index contributed by atoms with van der Waals surface area (Å²) in [6.45, 7) is 8.82. The molecule has 1 aromatic carbocycles. The van der Waals surface area contributed by atoms with Gasteiger partial charge in [0.2, 0.25) is 5.91 Å². The number of rotatable bonds is 5. The molecule has 0 unspecified atom stereocenters. The van der Waals surface area contributed by atoms with Gasteiger partial charge in [-0.05, 0) is 31.4 Å². The minimum atomic E-state index is -0.332. The topological polar surface area (TPSA) is 61.4 Å². The van der Waals surface area contributed by atoms with Crippen molar-refractivity contribution in [2.75, 3.05) is 42.9 Å². The van der Waals surface area contributed by atoms with Gasteiger partial charge in [-0.2, -0.15) is 0 Å². The van der Waals surface area contributed by atoms with E-state index in [0.717, 1.165) is 16.8 Å². The molecule has 2 heterocycles. The number of hydrogen-bond donors (Lipinski definition) is 1. The van der Waals surface area contributed by atoms with Crippen LogP contribution >= 0.6 is 0 Å². The molecule has 27 heavy (non-hydrogen) atoms. The molecule has 0 aliphatic carbocycles. The van der Waals surface area contributed by atoms with Crippen LogP contribution in [-0.4, -0.2) is 53.5 Å². The fraction of sp³-hybridized carbons (Fsp3) is 0.450. The van der Waals surface area contributed by atoms with Crippen molar-refractivity contribution in [2.45, 2.75) is 27.2 Å². The van der Waals surface area contributed by atoms with Crippen molar-refractivity contribution in [2.24, 2.45) is 0 Å². The second-order valence-electron chi connectivity index (χ2n) is 6.89. The van der Waals surface area contributed by atoms with Crippen LogP contribution in [0, 0.1) is 19.7 Å². The van der Waals surface area contributed by atoms with E-state index in [1.54, 1.807) is 0 Å². The van der Waals surface area contributed by atoms with Crippen molar-refractivity contribution in [1.29, 1.82) is 0 Å². The van der Waals surface area contributed by atoms with Gasteiger partial charge >= 0.3 is 0 Å². The molecule has 1 aliphatic rings. The molecule has 0 atom stereocenters. The van der Waals surface area contributed by atoms with Gasteiger partial charge < -0.3 is 10.2 Å². The average Bonchev–Trinajstić information content (AvgIpc) is 2.66. The highest BCUT2D eigenvalue weighted by Crippen LogP contribution is 2.21. The quantitative estimate of drug-likeness (QED) is 0.875.